The second-order valence-corrected chi connectivity index (χ2v) is 5.84. The summed E-state index contributed by atoms with van der Waals surface area (Å²) in [4.78, 5) is 12.1. The quantitative estimate of drug-likeness (QED) is 0.840. The van der Waals surface area contributed by atoms with E-state index in [9.17, 15) is 9.90 Å². The van der Waals surface area contributed by atoms with Crippen molar-refractivity contribution in [3.05, 3.63) is 23.8 Å². The number of carbonyl (C=O) groups is 1. The summed E-state index contributed by atoms with van der Waals surface area (Å²) in [7, 11) is 1.52. The van der Waals surface area contributed by atoms with Gasteiger partial charge in [0.2, 0.25) is 0 Å². The summed E-state index contributed by atoms with van der Waals surface area (Å²) in [6, 6.07) is 4.62. The van der Waals surface area contributed by atoms with Gasteiger partial charge >= 0.3 is 0 Å². The molecule has 20 heavy (non-hydrogen) atoms. The number of amides is 1. The number of aromatic hydroxyl groups is 1. The number of hydrogen-bond donors (Lipinski definition) is 2. The van der Waals surface area contributed by atoms with Crippen LogP contribution in [0.3, 0.4) is 0 Å². The number of benzene rings is 1. The van der Waals surface area contributed by atoms with Crippen LogP contribution < -0.4 is 10.1 Å². The fraction of sp³-hybridized carbons (Fsp3) is 0.533. The predicted octanol–water partition coefficient (Wildman–Crippen LogP) is 2.93. The van der Waals surface area contributed by atoms with Crippen LogP contribution in [0.2, 0.25) is 0 Å². The fourth-order valence-corrected chi connectivity index (χ4v) is 2.97. The number of phenolic OH excluding ortho intramolecular Hbond substituents is 1. The van der Waals surface area contributed by atoms with E-state index in [2.05, 4.69) is 5.32 Å². The Balaban J connectivity index is 1.94. The maximum atomic E-state index is 12.1. The van der Waals surface area contributed by atoms with Crippen molar-refractivity contribution in [3.8, 4) is 11.5 Å². The molecule has 1 aliphatic rings. The lowest BCUT2D eigenvalue weighted by atomic mass is 9.89. The summed E-state index contributed by atoms with van der Waals surface area (Å²) in [6.45, 7) is 0.596. The van der Waals surface area contributed by atoms with Gasteiger partial charge in [-0.05, 0) is 43.4 Å². The first-order chi connectivity index (χ1) is 9.60. The first-order valence-electron chi connectivity index (χ1n) is 6.89. The van der Waals surface area contributed by atoms with E-state index in [4.69, 9.17) is 16.3 Å². The van der Waals surface area contributed by atoms with Gasteiger partial charge in [-0.2, -0.15) is 0 Å². The molecule has 0 saturated heterocycles. The molecule has 1 fully saturated rings. The minimum absolute atomic E-state index is 0.0397. The molecule has 0 spiro atoms. The Morgan fingerprint density at radius 1 is 1.50 bits per heavy atom. The van der Waals surface area contributed by atoms with Gasteiger partial charge in [0, 0.05) is 11.9 Å². The van der Waals surface area contributed by atoms with Crippen molar-refractivity contribution in [3.63, 3.8) is 0 Å². The molecule has 0 heterocycles. The molecule has 5 heteroatoms. The van der Waals surface area contributed by atoms with Crippen molar-refractivity contribution in [1.82, 2.24) is 5.32 Å². The first kappa shape index (κ1) is 15.0. The van der Waals surface area contributed by atoms with Crippen LogP contribution in [-0.4, -0.2) is 30.0 Å². The summed E-state index contributed by atoms with van der Waals surface area (Å²) < 4.78 is 5.06. The standard InChI is InChI=1S/C15H20ClNO3/c1-20-12-5-6-14(18)13(8-12)15(19)17-9-10-3-2-4-11(16)7-10/h5-6,8,10-11,18H,2-4,7,9H2,1H3,(H,17,19). The van der Waals surface area contributed by atoms with Gasteiger partial charge in [-0.1, -0.05) is 6.42 Å². The van der Waals surface area contributed by atoms with Gasteiger partial charge in [0.1, 0.15) is 11.5 Å². The average Bonchev–Trinajstić information content (AvgIpc) is 2.45. The molecule has 0 aromatic heterocycles. The van der Waals surface area contributed by atoms with E-state index < -0.39 is 0 Å². The molecule has 0 bridgehead atoms. The third-order valence-electron chi connectivity index (χ3n) is 3.72. The highest BCUT2D eigenvalue weighted by molar-refractivity contribution is 6.20. The summed E-state index contributed by atoms with van der Waals surface area (Å²) in [5.41, 5.74) is 0.239. The topological polar surface area (TPSA) is 58.6 Å². The molecule has 4 nitrogen and oxygen atoms in total. The Hall–Kier alpha value is -1.42. The number of rotatable bonds is 4. The van der Waals surface area contributed by atoms with Crippen molar-refractivity contribution < 1.29 is 14.6 Å². The third kappa shape index (κ3) is 3.79. The molecule has 1 saturated carbocycles. The van der Waals surface area contributed by atoms with Gasteiger partial charge in [-0.15, -0.1) is 11.6 Å². The molecule has 2 unspecified atom stereocenters. The van der Waals surface area contributed by atoms with Gasteiger partial charge < -0.3 is 15.2 Å². The van der Waals surface area contributed by atoms with Crippen molar-refractivity contribution in [2.45, 2.75) is 31.1 Å². The summed E-state index contributed by atoms with van der Waals surface area (Å²) in [5.74, 6) is 0.648. The zero-order valence-electron chi connectivity index (χ0n) is 11.6. The van der Waals surface area contributed by atoms with Crippen LogP contribution >= 0.6 is 11.6 Å². The van der Waals surface area contributed by atoms with Gasteiger partial charge in [-0.25, -0.2) is 0 Å². The number of alkyl halides is 1. The van der Waals surface area contributed by atoms with E-state index in [-0.39, 0.29) is 22.6 Å². The van der Waals surface area contributed by atoms with E-state index in [1.165, 1.54) is 19.2 Å². The molecule has 2 N–H and O–H groups in total. The molecule has 2 atom stereocenters. The molecule has 0 aliphatic heterocycles. The van der Waals surface area contributed by atoms with Crippen LogP contribution in [0.5, 0.6) is 11.5 Å². The number of nitrogens with one attached hydrogen (secondary N) is 1. The van der Waals surface area contributed by atoms with Crippen LogP contribution in [0, 0.1) is 5.92 Å². The molecular weight excluding hydrogens is 278 g/mol. The Labute approximate surface area is 124 Å². The van der Waals surface area contributed by atoms with Gasteiger partial charge in [0.05, 0.1) is 12.7 Å². The first-order valence-corrected chi connectivity index (χ1v) is 7.33. The minimum Gasteiger partial charge on any atom is -0.507 e. The third-order valence-corrected chi connectivity index (χ3v) is 4.11. The van der Waals surface area contributed by atoms with Crippen LogP contribution in [0.1, 0.15) is 36.0 Å². The molecule has 1 aromatic rings. The van der Waals surface area contributed by atoms with Crippen LogP contribution in [0.15, 0.2) is 18.2 Å². The maximum absolute atomic E-state index is 12.1. The summed E-state index contributed by atoms with van der Waals surface area (Å²) in [5, 5.41) is 12.8. The van der Waals surface area contributed by atoms with Crippen molar-refractivity contribution >= 4 is 17.5 Å². The van der Waals surface area contributed by atoms with E-state index in [0.717, 1.165) is 25.7 Å². The summed E-state index contributed by atoms with van der Waals surface area (Å²) >= 11 is 6.14. The zero-order chi connectivity index (χ0) is 14.5. The lowest BCUT2D eigenvalue weighted by Gasteiger charge is -2.25. The highest BCUT2D eigenvalue weighted by atomic mass is 35.5. The van der Waals surface area contributed by atoms with Gasteiger partial charge in [-0.3, -0.25) is 4.79 Å². The van der Waals surface area contributed by atoms with E-state index in [1.807, 2.05) is 0 Å². The smallest absolute Gasteiger partial charge is 0.255 e. The van der Waals surface area contributed by atoms with Crippen molar-refractivity contribution in [2.75, 3.05) is 13.7 Å². The Morgan fingerprint density at radius 3 is 3.00 bits per heavy atom. The maximum Gasteiger partial charge on any atom is 0.255 e. The number of carbonyl (C=O) groups excluding carboxylic acids is 1. The Bertz CT molecular complexity index is 478. The molecular formula is C15H20ClNO3. The Kier molecular flexibility index (Phi) is 5.12. The second-order valence-electron chi connectivity index (χ2n) is 5.22. The zero-order valence-corrected chi connectivity index (χ0v) is 12.3. The molecule has 2 rings (SSSR count). The number of halogens is 1. The lowest BCUT2D eigenvalue weighted by molar-refractivity contribution is 0.0940. The second kappa shape index (κ2) is 6.84. The molecule has 1 amide bonds. The minimum atomic E-state index is -0.280. The highest BCUT2D eigenvalue weighted by Crippen LogP contribution is 2.27. The van der Waals surface area contributed by atoms with Gasteiger partial charge in [0.15, 0.2) is 0 Å². The number of phenols is 1. The van der Waals surface area contributed by atoms with E-state index >= 15 is 0 Å². The van der Waals surface area contributed by atoms with Crippen LogP contribution in [0.4, 0.5) is 0 Å². The van der Waals surface area contributed by atoms with Gasteiger partial charge in [0.25, 0.3) is 5.91 Å². The fourth-order valence-electron chi connectivity index (χ4n) is 2.57. The normalized spacial score (nSPS) is 22.3. The largest absolute Gasteiger partial charge is 0.507 e. The monoisotopic (exact) mass is 297 g/mol. The van der Waals surface area contributed by atoms with Crippen LogP contribution in [0.25, 0.3) is 0 Å². The number of methoxy groups -OCH3 is 1. The molecule has 0 radical (unpaired) electrons. The van der Waals surface area contributed by atoms with Crippen molar-refractivity contribution in [1.29, 1.82) is 0 Å². The van der Waals surface area contributed by atoms with Crippen molar-refractivity contribution in [2.24, 2.45) is 5.92 Å². The van der Waals surface area contributed by atoms with E-state index in [0.29, 0.717) is 18.2 Å². The molecule has 1 aromatic carbocycles. The van der Waals surface area contributed by atoms with Crippen LogP contribution in [-0.2, 0) is 0 Å². The molecule has 1 aliphatic carbocycles. The highest BCUT2D eigenvalue weighted by Gasteiger charge is 2.21. The predicted molar refractivity (Wildman–Crippen MR) is 78.6 cm³/mol. The number of ether oxygens (including phenoxy) is 1. The average molecular weight is 298 g/mol. The molecule has 110 valence electrons. The lowest BCUT2D eigenvalue weighted by Crippen LogP contribution is -2.32. The Morgan fingerprint density at radius 2 is 2.30 bits per heavy atom. The number of hydrogen-bond acceptors (Lipinski definition) is 3. The summed E-state index contributed by atoms with van der Waals surface area (Å²) in [6.07, 6.45) is 4.20. The van der Waals surface area contributed by atoms with E-state index in [1.54, 1.807) is 6.07 Å². The SMILES string of the molecule is COc1ccc(O)c(C(=O)NCC2CCCC(Cl)C2)c1.